The smallest absolute Gasteiger partial charge is 0.469 e. The number of hydrogen-bond acceptors (Lipinski definition) is 7. The molecule has 0 aliphatic heterocycles. The number of hydrogen-bond donors (Lipinski definition) is 2. The highest BCUT2D eigenvalue weighted by atomic mass is 31.2. The van der Waals surface area contributed by atoms with Crippen LogP contribution in [-0.4, -0.2) is 33.0 Å². The number of nitrogens with zero attached hydrogens (tertiary/aromatic N) is 2. The highest BCUT2D eigenvalue weighted by molar-refractivity contribution is 7.46. The van der Waals surface area contributed by atoms with Crippen molar-refractivity contribution in [3.8, 4) is 5.75 Å². The van der Waals surface area contributed by atoms with Gasteiger partial charge in [-0.3, -0.25) is 14.5 Å². The van der Waals surface area contributed by atoms with Gasteiger partial charge >= 0.3 is 7.82 Å². The van der Waals surface area contributed by atoms with Crippen molar-refractivity contribution in [1.29, 1.82) is 0 Å². The number of rotatable bonds is 8. The molecule has 0 unspecified atom stereocenters. The maximum absolute atomic E-state index is 12.2. The first-order valence-electron chi connectivity index (χ1n) is 7.11. The molecular formula is C14H19N2O7P-2. The van der Waals surface area contributed by atoms with Crippen LogP contribution >= 0.6 is 7.82 Å². The number of carboxylic acids is 1. The van der Waals surface area contributed by atoms with Gasteiger partial charge in [-0.15, -0.1) is 0 Å². The molecule has 0 aromatic carbocycles. The predicted octanol–water partition coefficient (Wildman–Crippen LogP) is -0.344. The number of aliphatic carboxylic acids is 1. The van der Waals surface area contributed by atoms with Gasteiger partial charge in [0.1, 0.15) is 0 Å². The largest absolute Gasteiger partial charge is 0.871 e. The summed E-state index contributed by atoms with van der Waals surface area (Å²) in [5, 5.41) is 23.3. The Labute approximate surface area is 139 Å². The molecule has 1 atom stereocenters. The first-order valence-corrected chi connectivity index (χ1v) is 8.64. The van der Waals surface area contributed by atoms with E-state index in [0.29, 0.717) is 0 Å². The molecule has 0 aliphatic carbocycles. The summed E-state index contributed by atoms with van der Waals surface area (Å²) in [5.74, 6) is -1.84. The highest BCUT2D eigenvalue weighted by Crippen LogP contribution is 2.37. The Bertz CT molecular complexity index is 669. The predicted molar refractivity (Wildman–Crippen MR) is 81.1 cm³/mol. The summed E-state index contributed by atoms with van der Waals surface area (Å²) in [6, 6.07) is -1.13. The van der Waals surface area contributed by atoms with E-state index in [9.17, 15) is 19.6 Å². The molecule has 134 valence electrons. The van der Waals surface area contributed by atoms with Crippen LogP contribution in [0.3, 0.4) is 0 Å². The second-order valence-corrected chi connectivity index (χ2v) is 6.86. The Balaban J connectivity index is 3.15. The topological polar surface area (TPSA) is 155 Å². The molecule has 0 aliphatic rings. The van der Waals surface area contributed by atoms with E-state index in [2.05, 4.69) is 14.5 Å². The third kappa shape index (κ3) is 6.37. The van der Waals surface area contributed by atoms with Crippen molar-refractivity contribution in [3.63, 3.8) is 0 Å². The van der Waals surface area contributed by atoms with E-state index in [-0.39, 0.29) is 29.2 Å². The summed E-state index contributed by atoms with van der Waals surface area (Å²) in [6.45, 7) is 4.53. The molecule has 0 fully saturated rings. The Morgan fingerprint density at radius 1 is 1.50 bits per heavy atom. The Kier molecular flexibility index (Phi) is 7.04. The highest BCUT2D eigenvalue weighted by Gasteiger charge is 2.16. The van der Waals surface area contributed by atoms with Gasteiger partial charge < -0.3 is 24.8 Å². The number of carboxylic acid groups (broad SMARTS) is 1. The zero-order valence-electron chi connectivity index (χ0n) is 13.5. The van der Waals surface area contributed by atoms with E-state index in [1.165, 1.54) is 13.1 Å². The third-order valence-electron chi connectivity index (χ3n) is 3.07. The standard InChI is InChI=1S/C14H21N2O7P/c1-8(2)4-12(14(18)19)16-6-11-10(7-23-24(20,21)22)5-15-9(3)13(11)17/h5-6,8,12,17H,4,7H2,1-3H3,(H,18,19)(H2,20,21,22)/p-2/t12-/m0/s1. The molecular weight excluding hydrogens is 339 g/mol. The Morgan fingerprint density at radius 2 is 2.12 bits per heavy atom. The summed E-state index contributed by atoms with van der Waals surface area (Å²) in [6.07, 6.45) is 2.52. The Hall–Kier alpha value is -1.80. The summed E-state index contributed by atoms with van der Waals surface area (Å²) >= 11 is 0. The molecule has 0 spiro atoms. The maximum atomic E-state index is 12.2. The third-order valence-corrected chi connectivity index (χ3v) is 3.54. The van der Waals surface area contributed by atoms with Crippen molar-refractivity contribution in [2.45, 2.75) is 39.8 Å². The molecule has 1 heterocycles. The molecule has 0 radical (unpaired) electrons. The molecule has 0 saturated carbocycles. The van der Waals surface area contributed by atoms with Gasteiger partial charge in [0, 0.05) is 23.7 Å². The van der Waals surface area contributed by atoms with Crippen LogP contribution in [0.4, 0.5) is 0 Å². The average Bonchev–Trinajstić information content (AvgIpc) is 2.44. The van der Waals surface area contributed by atoms with Crippen LogP contribution in [0.5, 0.6) is 5.75 Å². The lowest BCUT2D eigenvalue weighted by Gasteiger charge is -2.19. The summed E-state index contributed by atoms with van der Waals surface area (Å²) in [4.78, 5) is 36.3. The van der Waals surface area contributed by atoms with Gasteiger partial charge in [0.2, 0.25) is 0 Å². The number of phosphoric ester groups is 1. The zero-order valence-corrected chi connectivity index (χ0v) is 14.4. The van der Waals surface area contributed by atoms with E-state index in [0.717, 1.165) is 6.21 Å². The van der Waals surface area contributed by atoms with Gasteiger partial charge in [-0.1, -0.05) is 19.6 Å². The average molecular weight is 358 g/mol. The zero-order chi connectivity index (χ0) is 18.5. The molecule has 0 bridgehead atoms. The molecule has 0 saturated heterocycles. The van der Waals surface area contributed by atoms with Crippen LogP contribution in [0.15, 0.2) is 11.2 Å². The first-order chi connectivity index (χ1) is 11.0. The van der Waals surface area contributed by atoms with E-state index >= 15 is 0 Å². The van der Waals surface area contributed by atoms with Crippen LogP contribution < -0.4 is 10.2 Å². The summed E-state index contributed by atoms with van der Waals surface area (Å²) < 4.78 is 15.2. The van der Waals surface area contributed by atoms with Gasteiger partial charge in [0.05, 0.1) is 18.6 Å². The minimum absolute atomic E-state index is 0.0223. The lowest BCUT2D eigenvalue weighted by molar-refractivity contribution is -0.307. The lowest BCUT2D eigenvalue weighted by Crippen LogP contribution is -2.35. The van der Waals surface area contributed by atoms with E-state index in [1.54, 1.807) is 0 Å². The lowest BCUT2D eigenvalue weighted by atomic mass is 10.0. The van der Waals surface area contributed by atoms with Crippen molar-refractivity contribution in [3.05, 3.63) is 23.0 Å². The first kappa shape index (κ1) is 20.2. The number of aryl methyl sites for hydroxylation is 1. The number of phosphoric acid groups is 1. The molecule has 9 nitrogen and oxygen atoms in total. The second kappa shape index (κ2) is 8.34. The summed E-state index contributed by atoms with van der Waals surface area (Å²) in [5.41, 5.74) is 0.218. The van der Waals surface area contributed by atoms with E-state index in [4.69, 9.17) is 9.79 Å². The second-order valence-electron chi connectivity index (χ2n) is 5.62. The van der Waals surface area contributed by atoms with Gasteiger partial charge in [0.15, 0.2) is 0 Å². The molecule has 2 N–H and O–H groups in total. The molecule has 24 heavy (non-hydrogen) atoms. The van der Waals surface area contributed by atoms with Crippen LogP contribution in [-0.2, 0) is 20.5 Å². The van der Waals surface area contributed by atoms with Crippen molar-refractivity contribution >= 4 is 20.0 Å². The van der Waals surface area contributed by atoms with Crippen molar-refractivity contribution < 1.29 is 33.9 Å². The molecule has 1 aromatic rings. The fourth-order valence-corrected chi connectivity index (χ4v) is 2.19. The molecule has 1 aromatic heterocycles. The molecule has 0 amide bonds. The fourth-order valence-electron chi connectivity index (χ4n) is 1.88. The van der Waals surface area contributed by atoms with Crippen molar-refractivity contribution in [2.75, 3.05) is 0 Å². The monoisotopic (exact) mass is 358 g/mol. The van der Waals surface area contributed by atoms with Gasteiger partial charge in [0.25, 0.3) is 0 Å². The number of carbonyl (C=O) groups excluding carboxylic acids is 1. The SMILES string of the molecule is Cc1ncc(COP(=O)(O)O)c(C=N[C@@H](CC(C)C)C(=O)[O-])c1[O-]. The van der Waals surface area contributed by atoms with Gasteiger partial charge in [-0.05, 0) is 24.8 Å². The molecule has 1 rings (SSSR count). The van der Waals surface area contributed by atoms with Gasteiger partial charge in [-0.2, -0.15) is 0 Å². The quantitative estimate of drug-likeness (QED) is 0.472. The minimum Gasteiger partial charge on any atom is -0.871 e. The minimum atomic E-state index is -4.73. The van der Waals surface area contributed by atoms with Crippen LogP contribution in [0.2, 0.25) is 0 Å². The maximum Gasteiger partial charge on any atom is 0.469 e. The number of carbonyl (C=O) groups is 1. The summed E-state index contributed by atoms with van der Waals surface area (Å²) in [7, 11) is -4.73. The van der Waals surface area contributed by atoms with Crippen molar-refractivity contribution in [2.24, 2.45) is 10.9 Å². The van der Waals surface area contributed by atoms with Crippen molar-refractivity contribution in [1.82, 2.24) is 4.98 Å². The molecule has 10 heteroatoms. The number of aliphatic imine (C=N–C) groups is 1. The Morgan fingerprint density at radius 3 is 2.62 bits per heavy atom. The van der Waals surface area contributed by atoms with Crippen LogP contribution in [0.25, 0.3) is 0 Å². The number of pyridine rings is 1. The van der Waals surface area contributed by atoms with E-state index in [1.807, 2.05) is 13.8 Å². The van der Waals surface area contributed by atoms with Gasteiger partial charge in [-0.25, -0.2) is 4.57 Å². The van der Waals surface area contributed by atoms with E-state index < -0.39 is 32.2 Å². The van der Waals surface area contributed by atoms with Crippen LogP contribution in [0, 0.1) is 12.8 Å². The van der Waals surface area contributed by atoms with Crippen LogP contribution in [0.1, 0.15) is 37.1 Å². The fraction of sp³-hybridized carbons (Fsp3) is 0.500. The normalized spacial score (nSPS) is 13.6. The number of aromatic nitrogens is 1.